The van der Waals surface area contributed by atoms with Gasteiger partial charge in [-0.15, -0.1) is 0 Å². The molecule has 92 valence electrons. The Morgan fingerprint density at radius 1 is 1.50 bits per heavy atom. The van der Waals surface area contributed by atoms with Gasteiger partial charge >= 0.3 is 15.6 Å². The van der Waals surface area contributed by atoms with Crippen LogP contribution in [0.15, 0.2) is 12.2 Å². The van der Waals surface area contributed by atoms with Crippen molar-refractivity contribution in [3.8, 4) is 0 Å². The van der Waals surface area contributed by atoms with E-state index in [0.29, 0.717) is 12.3 Å². The lowest BCUT2D eigenvalue weighted by Crippen LogP contribution is -2.04. The average Bonchev–Trinajstić information content (AvgIpc) is 2.61. The molecule has 0 saturated carbocycles. The zero-order valence-electron chi connectivity index (χ0n) is 8.90. The molecular weight excluding hydrogens is 250 g/mol. The minimum Gasteiger partial charge on any atom is -0.321 e. The summed E-state index contributed by atoms with van der Waals surface area (Å²) in [5.41, 5.74) is 0. The molecule has 3 N–H and O–H groups in total. The lowest BCUT2D eigenvalue weighted by atomic mass is 10.0. The SMILES string of the molecule is O=[P+](O)C(CCCC1C=CCC1)P(=O)(O)O. The van der Waals surface area contributed by atoms with Crippen LogP contribution in [0.4, 0.5) is 0 Å². The Balaban J connectivity index is 2.36. The maximum absolute atomic E-state index is 10.9. The van der Waals surface area contributed by atoms with Crippen molar-refractivity contribution in [1.29, 1.82) is 0 Å². The van der Waals surface area contributed by atoms with Crippen LogP contribution in [-0.2, 0) is 9.13 Å². The minimum absolute atomic E-state index is 0.111. The number of rotatable bonds is 6. The molecular formula is C9H17O5P2+. The van der Waals surface area contributed by atoms with Crippen LogP contribution in [0.25, 0.3) is 0 Å². The van der Waals surface area contributed by atoms with E-state index in [2.05, 4.69) is 12.2 Å². The molecule has 3 unspecified atom stereocenters. The van der Waals surface area contributed by atoms with E-state index >= 15 is 0 Å². The zero-order valence-corrected chi connectivity index (χ0v) is 10.7. The van der Waals surface area contributed by atoms with Crippen molar-refractivity contribution in [3.05, 3.63) is 12.2 Å². The predicted octanol–water partition coefficient (Wildman–Crippen LogP) is 2.36. The first-order valence-corrected chi connectivity index (χ1v) is 8.24. The van der Waals surface area contributed by atoms with Crippen molar-refractivity contribution in [2.75, 3.05) is 0 Å². The molecule has 0 aromatic heterocycles. The molecule has 0 radical (unpaired) electrons. The summed E-state index contributed by atoms with van der Waals surface area (Å²) in [7, 11) is -7.25. The molecule has 5 nitrogen and oxygen atoms in total. The predicted molar refractivity (Wildman–Crippen MR) is 61.4 cm³/mol. The molecule has 16 heavy (non-hydrogen) atoms. The number of hydrogen-bond acceptors (Lipinski definition) is 2. The van der Waals surface area contributed by atoms with Crippen LogP contribution in [0.5, 0.6) is 0 Å². The van der Waals surface area contributed by atoms with Gasteiger partial charge in [0.2, 0.25) is 0 Å². The molecule has 1 rings (SSSR count). The Bertz CT molecular complexity index is 322. The van der Waals surface area contributed by atoms with Crippen LogP contribution in [0.2, 0.25) is 0 Å². The number of allylic oxidation sites excluding steroid dienone is 2. The van der Waals surface area contributed by atoms with Crippen molar-refractivity contribution in [2.45, 2.75) is 37.5 Å². The summed E-state index contributed by atoms with van der Waals surface area (Å²) in [5, 5.41) is -1.40. The fraction of sp³-hybridized carbons (Fsp3) is 0.778. The van der Waals surface area contributed by atoms with Gasteiger partial charge in [-0.25, -0.2) is 0 Å². The molecule has 1 aliphatic rings. The van der Waals surface area contributed by atoms with Gasteiger partial charge in [0.15, 0.2) is 0 Å². The topological polar surface area (TPSA) is 94.8 Å². The highest BCUT2D eigenvalue weighted by molar-refractivity contribution is 7.65. The second kappa shape index (κ2) is 6.04. The molecule has 0 heterocycles. The summed E-state index contributed by atoms with van der Waals surface area (Å²) < 4.78 is 21.8. The standard InChI is InChI=1S/C9H16O5P2/c10-15(11)9(16(12,13)14)7-3-6-8-4-1-2-5-8/h1,4,8-9H,2-3,5-7H2,(H2-,10,11,12,13,14)/p+1. The highest BCUT2D eigenvalue weighted by Crippen LogP contribution is 2.54. The molecule has 0 fully saturated rings. The molecule has 0 aromatic carbocycles. The molecule has 0 saturated heterocycles. The van der Waals surface area contributed by atoms with Crippen molar-refractivity contribution in [2.24, 2.45) is 5.92 Å². The smallest absolute Gasteiger partial charge is 0.321 e. The summed E-state index contributed by atoms with van der Waals surface area (Å²) in [6.45, 7) is 0. The van der Waals surface area contributed by atoms with Crippen LogP contribution in [-0.4, -0.2) is 20.1 Å². The molecule has 7 heteroatoms. The third-order valence-electron chi connectivity index (χ3n) is 2.79. The Morgan fingerprint density at radius 3 is 2.62 bits per heavy atom. The lowest BCUT2D eigenvalue weighted by molar-refractivity contribution is 0.360. The first kappa shape index (κ1) is 14.0. The van der Waals surface area contributed by atoms with Gasteiger partial charge in [0.05, 0.1) is 0 Å². The monoisotopic (exact) mass is 267 g/mol. The summed E-state index contributed by atoms with van der Waals surface area (Å²) >= 11 is 0. The summed E-state index contributed by atoms with van der Waals surface area (Å²) in [6, 6.07) is 0. The maximum atomic E-state index is 10.9. The van der Waals surface area contributed by atoms with Crippen LogP contribution in [0.1, 0.15) is 32.1 Å². The Kier molecular flexibility index (Phi) is 5.29. The van der Waals surface area contributed by atoms with Gasteiger partial charge in [0.25, 0.3) is 5.40 Å². The molecule has 0 bridgehead atoms. The van der Waals surface area contributed by atoms with E-state index < -0.39 is 21.0 Å². The normalized spacial score (nSPS) is 23.4. The fourth-order valence-corrected chi connectivity index (χ4v) is 3.86. The van der Waals surface area contributed by atoms with Gasteiger partial charge in [-0.2, -0.15) is 4.89 Å². The van der Waals surface area contributed by atoms with Crippen molar-refractivity contribution in [3.63, 3.8) is 0 Å². The van der Waals surface area contributed by atoms with E-state index in [4.69, 9.17) is 14.7 Å². The van der Waals surface area contributed by atoms with Crippen molar-refractivity contribution >= 4 is 15.6 Å². The van der Waals surface area contributed by atoms with Gasteiger partial charge in [0, 0.05) is 6.42 Å². The van der Waals surface area contributed by atoms with Gasteiger partial charge in [-0.1, -0.05) is 12.2 Å². The van der Waals surface area contributed by atoms with Gasteiger partial charge in [-0.05, 0) is 36.2 Å². The Labute approximate surface area is 95.6 Å². The summed E-state index contributed by atoms with van der Waals surface area (Å²) in [5.74, 6) is 0.467. The first-order valence-electron chi connectivity index (χ1n) is 5.28. The summed E-state index contributed by atoms with van der Waals surface area (Å²) in [6.07, 6.45) is 7.85. The van der Waals surface area contributed by atoms with Crippen LogP contribution >= 0.6 is 15.6 Å². The molecule has 3 atom stereocenters. The quantitative estimate of drug-likeness (QED) is 0.507. The maximum Gasteiger partial charge on any atom is 0.521 e. The van der Waals surface area contributed by atoms with Gasteiger partial charge in [0.1, 0.15) is 0 Å². The van der Waals surface area contributed by atoms with Crippen molar-refractivity contribution < 1.29 is 23.8 Å². The second-order valence-electron chi connectivity index (χ2n) is 4.07. The van der Waals surface area contributed by atoms with Crippen LogP contribution in [0.3, 0.4) is 0 Å². The third kappa shape index (κ3) is 4.44. The largest absolute Gasteiger partial charge is 0.521 e. The third-order valence-corrected chi connectivity index (χ3v) is 6.09. The van der Waals surface area contributed by atoms with E-state index in [1.54, 1.807) is 0 Å². The Hall–Kier alpha value is -0.0500. The Morgan fingerprint density at radius 2 is 2.19 bits per heavy atom. The minimum atomic E-state index is -4.44. The van der Waals surface area contributed by atoms with Gasteiger partial charge in [-0.3, -0.25) is 4.57 Å². The molecule has 0 amide bonds. The molecule has 1 aliphatic carbocycles. The van der Waals surface area contributed by atoms with Crippen LogP contribution < -0.4 is 0 Å². The highest BCUT2D eigenvalue weighted by atomic mass is 31.2. The lowest BCUT2D eigenvalue weighted by Gasteiger charge is -2.09. The van der Waals surface area contributed by atoms with Crippen molar-refractivity contribution in [1.82, 2.24) is 0 Å². The average molecular weight is 267 g/mol. The van der Waals surface area contributed by atoms with Gasteiger partial charge < -0.3 is 9.79 Å². The van der Waals surface area contributed by atoms with E-state index in [9.17, 15) is 9.13 Å². The van der Waals surface area contributed by atoms with Crippen LogP contribution in [0, 0.1) is 5.92 Å². The van der Waals surface area contributed by atoms with E-state index in [1.807, 2.05) is 0 Å². The summed E-state index contributed by atoms with van der Waals surface area (Å²) in [4.78, 5) is 26.6. The van der Waals surface area contributed by atoms with E-state index in [-0.39, 0.29) is 6.42 Å². The molecule has 0 aromatic rings. The zero-order chi connectivity index (χ0) is 12.2. The first-order chi connectivity index (χ1) is 7.41. The number of hydrogen-bond donors (Lipinski definition) is 3. The highest BCUT2D eigenvalue weighted by Gasteiger charge is 2.44. The van der Waals surface area contributed by atoms with E-state index in [0.717, 1.165) is 19.3 Å². The second-order valence-corrected chi connectivity index (χ2v) is 7.51. The molecule has 0 aliphatic heterocycles. The fourth-order valence-electron chi connectivity index (χ4n) is 1.91. The molecule has 0 spiro atoms. The van der Waals surface area contributed by atoms with E-state index in [1.165, 1.54) is 0 Å².